The molecule has 4 N–H and O–H groups in total. The van der Waals surface area contributed by atoms with Gasteiger partial charge in [-0.15, -0.1) is 12.4 Å². The van der Waals surface area contributed by atoms with Crippen molar-refractivity contribution in [2.24, 2.45) is 5.92 Å². The summed E-state index contributed by atoms with van der Waals surface area (Å²) in [4.78, 5) is 23.8. The largest absolute Gasteiger partial charge is 0.399 e. The van der Waals surface area contributed by atoms with Gasteiger partial charge < -0.3 is 16.4 Å². The first-order valence-electron chi connectivity index (χ1n) is 8.47. The molecule has 26 heavy (non-hydrogen) atoms. The average molecular weight is 376 g/mol. The molecular formula is C20H26ClN3O2. The minimum absolute atomic E-state index is 0. The van der Waals surface area contributed by atoms with Crippen LogP contribution in [0.1, 0.15) is 32.3 Å². The van der Waals surface area contributed by atoms with Crippen LogP contribution < -0.4 is 16.4 Å². The van der Waals surface area contributed by atoms with E-state index in [1.54, 1.807) is 24.3 Å². The van der Waals surface area contributed by atoms with E-state index >= 15 is 0 Å². The van der Waals surface area contributed by atoms with Crippen molar-refractivity contribution in [2.75, 3.05) is 16.4 Å². The smallest absolute Gasteiger partial charge is 0.224 e. The van der Waals surface area contributed by atoms with Gasteiger partial charge in [0.15, 0.2) is 0 Å². The molecule has 0 bridgehead atoms. The van der Waals surface area contributed by atoms with Gasteiger partial charge >= 0.3 is 0 Å². The van der Waals surface area contributed by atoms with Crippen LogP contribution in [0.25, 0.3) is 0 Å². The molecule has 0 spiro atoms. The second-order valence-electron chi connectivity index (χ2n) is 6.47. The second kappa shape index (κ2) is 10.5. The van der Waals surface area contributed by atoms with E-state index in [1.165, 1.54) is 0 Å². The van der Waals surface area contributed by atoms with E-state index in [0.29, 0.717) is 36.6 Å². The van der Waals surface area contributed by atoms with Gasteiger partial charge in [0.25, 0.3) is 0 Å². The van der Waals surface area contributed by atoms with Gasteiger partial charge in [-0.25, -0.2) is 0 Å². The van der Waals surface area contributed by atoms with Crippen LogP contribution in [0.15, 0.2) is 48.5 Å². The molecule has 0 fully saturated rings. The number of nitrogen functional groups attached to an aromatic ring is 1. The monoisotopic (exact) mass is 375 g/mol. The Morgan fingerprint density at radius 2 is 1.46 bits per heavy atom. The number of benzene rings is 2. The topological polar surface area (TPSA) is 84.2 Å². The Bertz CT molecular complexity index is 730. The van der Waals surface area contributed by atoms with Gasteiger partial charge in [-0.3, -0.25) is 9.59 Å². The lowest BCUT2D eigenvalue weighted by Crippen LogP contribution is -2.14. The van der Waals surface area contributed by atoms with Gasteiger partial charge in [-0.2, -0.15) is 0 Å². The summed E-state index contributed by atoms with van der Waals surface area (Å²) in [5.41, 5.74) is 8.98. The number of hydrogen-bond acceptors (Lipinski definition) is 3. The fraction of sp³-hybridized carbons (Fsp3) is 0.300. The lowest BCUT2D eigenvalue weighted by molar-refractivity contribution is -0.117. The maximum absolute atomic E-state index is 12.1. The third kappa shape index (κ3) is 7.15. The fourth-order valence-electron chi connectivity index (χ4n) is 2.45. The third-order valence-electron chi connectivity index (χ3n) is 3.72. The van der Waals surface area contributed by atoms with Crippen LogP contribution in [0.4, 0.5) is 17.1 Å². The number of anilines is 3. The van der Waals surface area contributed by atoms with Crippen molar-refractivity contribution < 1.29 is 9.59 Å². The molecule has 0 aromatic heterocycles. The first kappa shape index (κ1) is 21.5. The predicted molar refractivity (Wildman–Crippen MR) is 110 cm³/mol. The second-order valence-corrected chi connectivity index (χ2v) is 6.47. The molecule has 2 aromatic carbocycles. The quantitative estimate of drug-likeness (QED) is 0.632. The minimum Gasteiger partial charge on any atom is -0.399 e. The van der Waals surface area contributed by atoms with Crippen molar-refractivity contribution in [1.82, 2.24) is 0 Å². The number of carbonyl (C=O) groups excluding carboxylic acids is 2. The van der Waals surface area contributed by atoms with Gasteiger partial charge in [0.05, 0.1) is 0 Å². The molecule has 0 saturated carbocycles. The number of halogens is 1. The first-order valence-corrected chi connectivity index (χ1v) is 8.47. The number of nitrogens with one attached hydrogen (secondary N) is 2. The zero-order valence-corrected chi connectivity index (χ0v) is 15.9. The zero-order chi connectivity index (χ0) is 18.2. The maximum atomic E-state index is 12.1. The Labute approximate surface area is 160 Å². The molecule has 0 heterocycles. The summed E-state index contributed by atoms with van der Waals surface area (Å²) < 4.78 is 0. The molecule has 0 atom stereocenters. The number of para-hydroxylation sites is 1. The number of aryl methyl sites for hydroxylation is 1. The lowest BCUT2D eigenvalue weighted by atomic mass is 10.1. The molecule has 0 aliphatic heterocycles. The molecule has 0 radical (unpaired) electrons. The Morgan fingerprint density at radius 3 is 2.00 bits per heavy atom. The van der Waals surface area contributed by atoms with Crippen molar-refractivity contribution in [3.8, 4) is 0 Å². The van der Waals surface area contributed by atoms with Crippen LogP contribution in [0.3, 0.4) is 0 Å². The third-order valence-corrected chi connectivity index (χ3v) is 3.72. The van der Waals surface area contributed by atoms with Gasteiger partial charge in [0.1, 0.15) is 0 Å². The van der Waals surface area contributed by atoms with E-state index in [4.69, 9.17) is 5.73 Å². The highest BCUT2D eigenvalue weighted by atomic mass is 35.5. The molecule has 2 aromatic rings. The summed E-state index contributed by atoms with van der Waals surface area (Å²) in [5, 5.41) is 5.69. The first-order chi connectivity index (χ1) is 11.9. The SMILES string of the molecule is CC(C)CC(=O)Nc1ccc(NC(=O)CCc2ccccc2N)cc1.Cl. The predicted octanol–water partition coefficient (Wildman–Crippen LogP) is 4.25. The molecule has 6 heteroatoms. The van der Waals surface area contributed by atoms with E-state index < -0.39 is 0 Å². The summed E-state index contributed by atoms with van der Waals surface area (Å²) in [6.07, 6.45) is 1.45. The van der Waals surface area contributed by atoms with Crippen LogP contribution in [-0.4, -0.2) is 11.8 Å². The highest BCUT2D eigenvalue weighted by Crippen LogP contribution is 2.16. The Hall–Kier alpha value is -2.53. The molecule has 2 rings (SSSR count). The molecule has 5 nitrogen and oxygen atoms in total. The van der Waals surface area contributed by atoms with Crippen LogP contribution in [0, 0.1) is 5.92 Å². The molecule has 0 unspecified atom stereocenters. The maximum Gasteiger partial charge on any atom is 0.224 e. The number of rotatable bonds is 7. The fourth-order valence-corrected chi connectivity index (χ4v) is 2.45. The van der Waals surface area contributed by atoms with Crippen LogP contribution in [-0.2, 0) is 16.0 Å². The minimum atomic E-state index is -0.0696. The summed E-state index contributed by atoms with van der Waals surface area (Å²) in [6.45, 7) is 4.00. The van der Waals surface area contributed by atoms with Gasteiger partial charge in [-0.1, -0.05) is 32.0 Å². The van der Waals surface area contributed by atoms with E-state index in [2.05, 4.69) is 10.6 Å². The van der Waals surface area contributed by atoms with Crippen LogP contribution >= 0.6 is 12.4 Å². The van der Waals surface area contributed by atoms with E-state index in [0.717, 1.165) is 11.3 Å². The summed E-state index contributed by atoms with van der Waals surface area (Å²) in [7, 11) is 0. The molecule has 0 aliphatic carbocycles. The number of nitrogens with two attached hydrogens (primary N) is 1. The molecule has 0 saturated heterocycles. The van der Waals surface area contributed by atoms with Crippen molar-refractivity contribution in [3.63, 3.8) is 0 Å². The van der Waals surface area contributed by atoms with Gasteiger partial charge in [0.2, 0.25) is 11.8 Å². The normalized spacial score (nSPS) is 10.1. The Kier molecular flexibility index (Phi) is 8.65. The molecule has 2 amide bonds. The van der Waals surface area contributed by atoms with Gasteiger partial charge in [-0.05, 0) is 48.2 Å². The van der Waals surface area contributed by atoms with Crippen molar-refractivity contribution in [2.45, 2.75) is 33.1 Å². The number of hydrogen-bond donors (Lipinski definition) is 3. The van der Waals surface area contributed by atoms with E-state index in [1.807, 2.05) is 38.1 Å². The zero-order valence-electron chi connectivity index (χ0n) is 15.1. The summed E-state index contributed by atoms with van der Waals surface area (Å²) in [5.74, 6) is 0.240. The van der Waals surface area contributed by atoms with Crippen molar-refractivity contribution in [1.29, 1.82) is 0 Å². The molecular weight excluding hydrogens is 350 g/mol. The standard InChI is InChI=1S/C20H25N3O2.ClH/c1-14(2)13-20(25)23-17-10-8-16(9-11-17)22-19(24)12-7-15-5-3-4-6-18(15)21;/h3-6,8-11,14H,7,12-13,21H2,1-2H3,(H,22,24)(H,23,25);1H. The van der Waals surface area contributed by atoms with Crippen LogP contribution in [0.5, 0.6) is 0 Å². The summed E-state index contributed by atoms with van der Waals surface area (Å²) >= 11 is 0. The molecule has 140 valence electrons. The van der Waals surface area contributed by atoms with E-state index in [-0.39, 0.29) is 24.2 Å². The lowest BCUT2D eigenvalue weighted by Gasteiger charge is -2.09. The summed E-state index contributed by atoms with van der Waals surface area (Å²) in [6, 6.07) is 14.7. The highest BCUT2D eigenvalue weighted by Gasteiger charge is 2.07. The Balaban J connectivity index is 0.00000338. The van der Waals surface area contributed by atoms with Gasteiger partial charge in [0, 0.05) is 29.9 Å². The van der Waals surface area contributed by atoms with E-state index in [9.17, 15) is 9.59 Å². The average Bonchev–Trinajstić information content (AvgIpc) is 2.55. The van der Waals surface area contributed by atoms with Crippen molar-refractivity contribution in [3.05, 3.63) is 54.1 Å². The highest BCUT2D eigenvalue weighted by molar-refractivity contribution is 5.93. The Morgan fingerprint density at radius 1 is 0.923 bits per heavy atom. The number of amides is 2. The van der Waals surface area contributed by atoms with Crippen molar-refractivity contribution >= 4 is 41.3 Å². The number of carbonyl (C=O) groups is 2. The van der Waals surface area contributed by atoms with Crippen LogP contribution in [0.2, 0.25) is 0 Å². The molecule has 0 aliphatic rings.